The number of hydrogen-bond acceptors (Lipinski definition) is 3. The van der Waals surface area contributed by atoms with Gasteiger partial charge in [0.25, 0.3) is 0 Å². The highest BCUT2D eigenvalue weighted by molar-refractivity contribution is 6.09. The molecule has 2 bridgehead atoms. The lowest BCUT2D eigenvalue weighted by atomic mass is 9.81. The van der Waals surface area contributed by atoms with Crippen molar-refractivity contribution in [1.82, 2.24) is 4.90 Å². The second kappa shape index (κ2) is 4.05. The van der Waals surface area contributed by atoms with Gasteiger partial charge in [-0.25, -0.2) is 0 Å². The molecule has 2 N–H and O–H groups in total. The Balaban J connectivity index is 1.94. The third-order valence-corrected chi connectivity index (χ3v) is 5.16. The molecule has 2 aliphatic carbocycles. The van der Waals surface area contributed by atoms with Crippen molar-refractivity contribution < 1.29 is 14.4 Å². The normalized spacial score (nSPS) is 38.2. The molecule has 19 heavy (non-hydrogen) atoms. The van der Waals surface area contributed by atoms with Crippen LogP contribution in [0, 0.1) is 29.6 Å². The number of carbonyl (C=O) groups is 3. The molecule has 2 saturated carbocycles. The van der Waals surface area contributed by atoms with Gasteiger partial charge in [-0.15, -0.1) is 0 Å². The number of hydrogen-bond donors (Lipinski definition) is 1. The summed E-state index contributed by atoms with van der Waals surface area (Å²) in [5.74, 6) is -0.682. The zero-order valence-electron chi connectivity index (χ0n) is 11.3. The number of rotatable bonds is 3. The van der Waals surface area contributed by atoms with E-state index in [-0.39, 0.29) is 29.6 Å². The summed E-state index contributed by atoms with van der Waals surface area (Å²) in [6, 6.07) is -0.787. The summed E-state index contributed by atoms with van der Waals surface area (Å²) in [6.07, 6.45) is 3.09. The van der Waals surface area contributed by atoms with Crippen molar-refractivity contribution in [2.45, 2.75) is 39.2 Å². The highest BCUT2D eigenvalue weighted by atomic mass is 16.2. The molecule has 3 amide bonds. The molecule has 5 atom stereocenters. The summed E-state index contributed by atoms with van der Waals surface area (Å²) in [5, 5.41) is 0. The fourth-order valence-corrected chi connectivity index (χ4v) is 4.46. The number of primary amides is 1. The van der Waals surface area contributed by atoms with Crippen LogP contribution in [-0.4, -0.2) is 28.7 Å². The summed E-state index contributed by atoms with van der Waals surface area (Å²) >= 11 is 0. The van der Waals surface area contributed by atoms with Gasteiger partial charge in [0.1, 0.15) is 6.04 Å². The van der Waals surface area contributed by atoms with Crippen LogP contribution in [0.1, 0.15) is 33.1 Å². The van der Waals surface area contributed by atoms with E-state index in [0.29, 0.717) is 11.8 Å². The summed E-state index contributed by atoms with van der Waals surface area (Å²) in [4.78, 5) is 37.9. The van der Waals surface area contributed by atoms with Crippen LogP contribution in [0.25, 0.3) is 0 Å². The molecule has 3 aliphatic rings. The van der Waals surface area contributed by atoms with Gasteiger partial charge in [-0.1, -0.05) is 13.8 Å². The van der Waals surface area contributed by atoms with Gasteiger partial charge in [0.2, 0.25) is 17.7 Å². The molecule has 5 nitrogen and oxygen atoms in total. The maximum atomic E-state index is 12.5. The Labute approximate surface area is 112 Å². The van der Waals surface area contributed by atoms with E-state index in [2.05, 4.69) is 0 Å². The molecule has 1 saturated heterocycles. The Kier molecular flexibility index (Phi) is 2.69. The molecule has 5 unspecified atom stereocenters. The molecule has 3 rings (SSSR count). The van der Waals surface area contributed by atoms with Crippen LogP contribution >= 0.6 is 0 Å². The van der Waals surface area contributed by atoms with Gasteiger partial charge in [-0.2, -0.15) is 0 Å². The van der Waals surface area contributed by atoms with E-state index in [4.69, 9.17) is 5.73 Å². The van der Waals surface area contributed by atoms with Crippen LogP contribution in [0.15, 0.2) is 0 Å². The molecule has 104 valence electrons. The topological polar surface area (TPSA) is 80.5 Å². The van der Waals surface area contributed by atoms with Gasteiger partial charge >= 0.3 is 0 Å². The maximum Gasteiger partial charge on any atom is 0.240 e. The lowest BCUT2D eigenvalue weighted by Crippen LogP contribution is -2.51. The molecule has 0 aromatic rings. The van der Waals surface area contributed by atoms with Crippen molar-refractivity contribution in [3.8, 4) is 0 Å². The van der Waals surface area contributed by atoms with E-state index in [1.807, 2.05) is 13.8 Å². The zero-order valence-corrected chi connectivity index (χ0v) is 11.3. The van der Waals surface area contributed by atoms with E-state index in [1.165, 1.54) is 4.90 Å². The first-order valence-corrected chi connectivity index (χ1v) is 7.09. The third-order valence-electron chi connectivity index (χ3n) is 5.16. The number of amides is 3. The van der Waals surface area contributed by atoms with Crippen molar-refractivity contribution in [1.29, 1.82) is 0 Å². The van der Waals surface area contributed by atoms with Gasteiger partial charge in [0.05, 0.1) is 11.8 Å². The van der Waals surface area contributed by atoms with E-state index in [1.54, 1.807) is 0 Å². The van der Waals surface area contributed by atoms with Crippen molar-refractivity contribution >= 4 is 17.7 Å². The Bertz CT molecular complexity index is 432. The smallest absolute Gasteiger partial charge is 0.240 e. The van der Waals surface area contributed by atoms with Crippen LogP contribution in [0.5, 0.6) is 0 Å². The second-order valence-electron chi connectivity index (χ2n) is 6.52. The Morgan fingerprint density at radius 3 is 2.00 bits per heavy atom. The third kappa shape index (κ3) is 1.56. The molecule has 3 fully saturated rings. The number of fused-ring (bicyclic) bond motifs is 5. The van der Waals surface area contributed by atoms with Gasteiger partial charge < -0.3 is 5.73 Å². The van der Waals surface area contributed by atoms with E-state index in [9.17, 15) is 14.4 Å². The standard InChI is InChI=1S/C14H20N2O3/c1-6(2)11(12(15)17)16-13(18)9-7-3-4-8(5-7)10(9)14(16)19/h6-11H,3-5H2,1-2H3,(H2,15,17). The van der Waals surface area contributed by atoms with Crippen LogP contribution in [0.2, 0.25) is 0 Å². The summed E-state index contributed by atoms with van der Waals surface area (Å²) in [6.45, 7) is 3.64. The predicted octanol–water partition coefficient (Wildman–Crippen LogP) is 0.527. The van der Waals surface area contributed by atoms with Gasteiger partial charge in [0.15, 0.2) is 0 Å². The molecule has 1 heterocycles. The first-order chi connectivity index (χ1) is 8.93. The Morgan fingerprint density at radius 1 is 1.16 bits per heavy atom. The lowest BCUT2D eigenvalue weighted by molar-refractivity contribution is -0.149. The van der Waals surface area contributed by atoms with Crippen LogP contribution in [0.3, 0.4) is 0 Å². The van der Waals surface area contributed by atoms with Crippen molar-refractivity contribution in [3.05, 3.63) is 0 Å². The highest BCUT2D eigenvalue weighted by Crippen LogP contribution is 2.56. The molecular formula is C14H20N2O3. The monoisotopic (exact) mass is 264 g/mol. The van der Waals surface area contributed by atoms with Gasteiger partial charge in [-0.3, -0.25) is 19.3 Å². The molecule has 0 radical (unpaired) electrons. The summed E-state index contributed by atoms with van der Waals surface area (Å²) in [7, 11) is 0. The SMILES string of the molecule is CC(C)C(C(N)=O)N1C(=O)C2C3CCC(C3)C2C1=O. The van der Waals surface area contributed by atoms with Crippen molar-refractivity contribution in [3.63, 3.8) is 0 Å². The van der Waals surface area contributed by atoms with Crippen molar-refractivity contribution in [2.24, 2.45) is 35.3 Å². The van der Waals surface area contributed by atoms with Gasteiger partial charge in [0, 0.05) is 0 Å². The first kappa shape index (κ1) is 12.6. The Hall–Kier alpha value is -1.39. The minimum absolute atomic E-state index is 0.137. The lowest BCUT2D eigenvalue weighted by Gasteiger charge is -2.28. The minimum Gasteiger partial charge on any atom is -0.368 e. The van der Waals surface area contributed by atoms with E-state index < -0.39 is 11.9 Å². The number of likely N-dealkylation sites (tertiary alicyclic amines) is 1. The minimum atomic E-state index is -0.787. The molecular weight excluding hydrogens is 244 g/mol. The van der Waals surface area contributed by atoms with E-state index >= 15 is 0 Å². The molecule has 5 heteroatoms. The van der Waals surface area contributed by atoms with Gasteiger partial charge in [-0.05, 0) is 37.0 Å². The Morgan fingerprint density at radius 2 is 1.63 bits per heavy atom. The quantitative estimate of drug-likeness (QED) is 0.755. The number of nitrogens with zero attached hydrogens (tertiary/aromatic N) is 1. The van der Waals surface area contributed by atoms with Crippen LogP contribution in [0.4, 0.5) is 0 Å². The predicted molar refractivity (Wildman–Crippen MR) is 67.5 cm³/mol. The average molecular weight is 264 g/mol. The molecule has 1 aliphatic heterocycles. The van der Waals surface area contributed by atoms with Crippen molar-refractivity contribution in [2.75, 3.05) is 0 Å². The largest absolute Gasteiger partial charge is 0.368 e. The number of nitrogens with two attached hydrogens (primary N) is 1. The molecule has 0 spiro atoms. The maximum absolute atomic E-state index is 12.5. The summed E-state index contributed by atoms with van der Waals surface area (Å²) in [5.41, 5.74) is 5.39. The highest BCUT2D eigenvalue weighted by Gasteiger charge is 2.62. The fraction of sp³-hybridized carbons (Fsp3) is 0.786. The summed E-state index contributed by atoms with van der Waals surface area (Å²) < 4.78 is 0. The van der Waals surface area contributed by atoms with Crippen LogP contribution in [-0.2, 0) is 14.4 Å². The fourth-order valence-electron chi connectivity index (χ4n) is 4.46. The van der Waals surface area contributed by atoms with E-state index in [0.717, 1.165) is 19.3 Å². The average Bonchev–Trinajstić information content (AvgIpc) is 2.97. The second-order valence-corrected chi connectivity index (χ2v) is 6.52. The number of carbonyl (C=O) groups excluding carboxylic acids is 3. The first-order valence-electron chi connectivity index (χ1n) is 7.09. The molecule has 0 aromatic carbocycles. The number of imide groups is 1. The zero-order chi connectivity index (χ0) is 13.9. The molecule has 0 aromatic heterocycles. The van der Waals surface area contributed by atoms with Crippen LogP contribution < -0.4 is 5.73 Å².